The number of carbonyl (C=O) groups excluding carboxylic acids is 2. The summed E-state index contributed by atoms with van der Waals surface area (Å²) in [7, 11) is -1.44. The molecule has 0 radical (unpaired) electrons. The van der Waals surface area contributed by atoms with E-state index >= 15 is 0 Å². The van der Waals surface area contributed by atoms with E-state index in [9.17, 15) is 13.8 Å². The molecule has 0 aliphatic rings. The molecule has 0 fully saturated rings. The Balaban J connectivity index is 1.78. The summed E-state index contributed by atoms with van der Waals surface area (Å²) in [5, 5.41) is 2.82. The van der Waals surface area contributed by atoms with Gasteiger partial charge >= 0.3 is 5.97 Å². The molecular weight excluding hydrogens is 398 g/mol. The predicted molar refractivity (Wildman–Crippen MR) is 116 cm³/mol. The van der Waals surface area contributed by atoms with Gasteiger partial charge in [0.25, 0.3) is 0 Å². The maximum Gasteiger partial charge on any atom is 0.303 e. The van der Waals surface area contributed by atoms with Gasteiger partial charge < -0.3 is 10.1 Å². The van der Waals surface area contributed by atoms with Crippen LogP contribution in [0.2, 0.25) is 0 Å². The molecule has 0 aliphatic carbocycles. The Morgan fingerprint density at radius 3 is 2.23 bits per heavy atom. The Morgan fingerprint density at radius 1 is 0.933 bits per heavy atom. The van der Waals surface area contributed by atoms with Crippen molar-refractivity contribution in [1.29, 1.82) is 0 Å². The summed E-state index contributed by atoms with van der Waals surface area (Å²) in [6.45, 7) is 3.28. The molecule has 0 unspecified atom stereocenters. The van der Waals surface area contributed by atoms with Crippen molar-refractivity contribution in [2.75, 3.05) is 5.32 Å². The molecule has 154 valence electrons. The summed E-state index contributed by atoms with van der Waals surface area (Å²) in [4.78, 5) is 25.4. The first-order valence-electron chi connectivity index (χ1n) is 9.53. The molecule has 0 saturated carbocycles. The van der Waals surface area contributed by atoms with Crippen LogP contribution in [0.5, 0.6) is 0 Å². The minimum absolute atomic E-state index is 0.0465. The molecule has 3 aromatic carbocycles. The third kappa shape index (κ3) is 5.64. The number of anilines is 1. The quantitative estimate of drug-likeness (QED) is 0.557. The predicted octanol–water partition coefficient (Wildman–Crippen LogP) is 4.79. The zero-order valence-electron chi connectivity index (χ0n) is 16.8. The molecule has 30 heavy (non-hydrogen) atoms. The largest absolute Gasteiger partial charge is 0.457 e. The van der Waals surface area contributed by atoms with Gasteiger partial charge in [0.1, 0.15) is 6.10 Å². The Hall–Kier alpha value is -3.25. The maximum absolute atomic E-state index is 13.0. The third-order valence-electron chi connectivity index (χ3n) is 4.45. The van der Waals surface area contributed by atoms with Crippen molar-refractivity contribution in [2.45, 2.75) is 36.2 Å². The van der Waals surface area contributed by atoms with Crippen LogP contribution >= 0.6 is 0 Å². The van der Waals surface area contributed by atoms with E-state index in [4.69, 9.17) is 4.74 Å². The van der Waals surface area contributed by atoms with Crippen LogP contribution in [0.3, 0.4) is 0 Å². The molecule has 1 N–H and O–H groups in total. The number of nitrogens with one attached hydrogen (secondary N) is 1. The molecule has 6 heteroatoms. The summed E-state index contributed by atoms with van der Waals surface area (Å²) < 4.78 is 18.4. The van der Waals surface area contributed by atoms with E-state index in [1.807, 2.05) is 49.4 Å². The topological polar surface area (TPSA) is 72.5 Å². The fraction of sp³-hybridized carbons (Fsp3) is 0.167. The number of hydrogen-bond acceptors (Lipinski definition) is 4. The molecule has 0 aromatic heterocycles. The van der Waals surface area contributed by atoms with Crippen molar-refractivity contribution in [3.05, 3.63) is 90.0 Å². The first-order chi connectivity index (χ1) is 14.4. The van der Waals surface area contributed by atoms with Gasteiger partial charge in [-0.05, 0) is 36.8 Å². The number of rotatable bonds is 7. The van der Waals surface area contributed by atoms with Crippen LogP contribution < -0.4 is 5.32 Å². The Kier molecular flexibility index (Phi) is 7.14. The van der Waals surface area contributed by atoms with Gasteiger partial charge in [0.15, 0.2) is 0 Å². The summed E-state index contributed by atoms with van der Waals surface area (Å²) in [6, 6.07) is 23.5. The average Bonchev–Trinajstić information content (AvgIpc) is 2.74. The molecule has 0 spiro atoms. The molecule has 0 bridgehead atoms. The van der Waals surface area contributed by atoms with Crippen molar-refractivity contribution in [1.82, 2.24) is 0 Å². The second-order valence-corrected chi connectivity index (χ2v) is 8.29. The van der Waals surface area contributed by atoms with Crippen molar-refractivity contribution >= 4 is 28.4 Å². The Bertz CT molecular complexity index is 1050. The van der Waals surface area contributed by atoms with Crippen molar-refractivity contribution in [2.24, 2.45) is 0 Å². The number of ether oxygens (including phenoxy) is 1. The number of esters is 1. The molecule has 5 nitrogen and oxygen atoms in total. The van der Waals surface area contributed by atoms with Gasteiger partial charge in [-0.3, -0.25) is 9.59 Å². The van der Waals surface area contributed by atoms with E-state index in [1.165, 1.54) is 6.92 Å². The van der Waals surface area contributed by atoms with Crippen LogP contribution in [0, 0.1) is 6.92 Å². The van der Waals surface area contributed by atoms with E-state index < -0.39 is 22.9 Å². The summed E-state index contributed by atoms with van der Waals surface area (Å²) >= 11 is 0. The standard InChI is InChI=1S/C24H23NO4S/c1-17-12-14-20(15-13-17)30(28)23-11-7-6-10-21(23)25-24(27)16-22(29-18(2)26)19-8-4-3-5-9-19/h3-15,22H,16H2,1-2H3,(H,25,27)/t22-,30+/m1/s1. The van der Waals surface area contributed by atoms with Crippen molar-refractivity contribution in [3.63, 3.8) is 0 Å². The molecule has 0 heterocycles. The summed E-state index contributed by atoms with van der Waals surface area (Å²) in [5.74, 6) is -0.795. The van der Waals surface area contributed by atoms with Crippen molar-refractivity contribution < 1.29 is 18.5 Å². The highest BCUT2D eigenvalue weighted by atomic mass is 32.2. The zero-order chi connectivity index (χ0) is 21.5. The summed E-state index contributed by atoms with van der Waals surface area (Å²) in [6.07, 6.45) is -0.742. The number of hydrogen-bond donors (Lipinski definition) is 1. The molecule has 0 saturated heterocycles. The van der Waals surface area contributed by atoms with Crippen LogP contribution in [-0.4, -0.2) is 16.1 Å². The van der Waals surface area contributed by atoms with Gasteiger partial charge in [-0.15, -0.1) is 0 Å². The lowest BCUT2D eigenvalue weighted by molar-refractivity contribution is -0.147. The number of amides is 1. The fourth-order valence-electron chi connectivity index (χ4n) is 2.99. The molecule has 3 aromatic rings. The molecular formula is C24H23NO4S. The second-order valence-electron chi connectivity index (χ2n) is 6.84. The lowest BCUT2D eigenvalue weighted by Gasteiger charge is -2.18. The highest BCUT2D eigenvalue weighted by Crippen LogP contribution is 2.26. The van der Waals surface area contributed by atoms with Gasteiger partial charge in [-0.2, -0.15) is 0 Å². The zero-order valence-corrected chi connectivity index (χ0v) is 17.6. The van der Waals surface area contributed by atoms with Gasteiger partial charge in [0.05, 0.1) is 27.8 Å². The number of carbonyl (C=O) groups is 2. The molecule has 3 rings (SSSR count). The van der Waals surface area contributed by atoms with Gasteiger partial charge in [0, 0.05) is 11.8 Å². The lowest BCUT2D eigenvalue weighted by atomic mass is 10.1. The first kappa shape index (κ1) is 21.5. The first-order valence-corrected chi connectivity index (χ1v) is 10.7. The lowest BCUT2D eigenvalue weighted by Crippen LogP contribution is -2.19. The molecule has 1 amide bonds. The van der Waals surface area contributed by atoms with Crippen LogP contribution in [-0.2, 0) is 25.1 Å². The van der Waals surface area contributed by atoms with Crippen LogP contribution in [0.25, 0.3) is 0 Å². The van der Waals surface area contributed by atoms with Gasteiger partial charge in [0.2, 0.25) is 5.91 Å². The van der Waals surface area contributed by atoms with Crippen LogP contribution in [0.4, 0.5) is 5.69 Å². The van der Waals surface area contributed by atoms with E-state index in [0.717, 1.165) is 11.1 Å². The molecule has 0 aliphatic heterocycles. The second kappa shape index (κ2) is 9.98. The minimum Gasteiger partial charge on any atom is -0.457 e. The van der Waals surface area contributed by atoms with Gasteiger partial charge in [-0.1, -0.05) is 60.2 Å². The monoisotopic (exact) mass is 421 g/mol. The van der Waals surface area contributed by atoms with E-state index in [-0.39, 0.29) is 12.3 Å². The normalized spacial score (nSPS) is 12.6. The van der Waals surface area contributed by atoms with E-state index in [2.05, 4.69) is 5.32 Å². The SMILES string of the molecule is CC(=O)O[C@H](CC(=O)Nc1ccccc1[S@@](=O)c1ccc(C)cc1)c1ccccc1. The smallest absolute Gasteiger partial charge is 0.303 e. The molecule has 2 atom stereocenters. The maximum atomic E-state index is 13.0. The van der Waals surface area contributed by atoms with Crippen LogP contribution in [0.15, 0.2) is 88.7 Å². The fourth-order valence-corrected chi connectivity index (χ4v) is 4.14. The van der Waals surface area contributed by atoms with E-state index in [1.54, 1.807) is 36.4 Å². The highest BCUT2D eigenvalue weighted by molar-refractivity contribution is 7.85. The Morgan fingerprint density at radius 2 is 1.57 bits per heavy atom. The third-order valence-corrected chi connectivity index (χ3v) is 5.90. The number of aryl methyl sites for hydroxylation is 1. The van der Waals surface area contributed by atoms with Gasteiger partial charge in [-0.25, -0.2) is 4.21 Å². The summed E-state index contributed by atoms with van der Waals surface area (Å²) in [5.41, 5.74) is 2.28. The minimum atomic E-state index is -1.44. The highest BCUT2D eigenvalue weighted by Gasteiger charge is 2.20. The number of para-hydroxylation sites is 1. The van der Waals surface area contributed by atoms with Crippen molar-refractivity contribution in [3.8, 4) is 0 Å². The van der Waals surface area contributed by atoms with Crippen LogP contribution in [0.1, 0.15) is 30.6 Å². The number of benzene rings is 3. The van der Waals surface area contributed by atoms with E-state index in [0.29, 0.717) is 15.5 Å². The Labute approximate surface area is 178 Å². The average molecular weight is 422 g/mol.